The Balaban J connectivity index is 1.40. The van der Waals surface area contributed by atoms with Crippen LogP contribution in [0.3, 0.4) is 0 Å². The van der Waals surface area contributed by atoms with Crippen molar-refractivity contribution in [2.24, 2.45) is 7.05 Å². The van der Waals surface area contributed by atoms with Gasteiger partial charge >= 0.3 is 0 Å². The fourth-order valence-electron chi connectivity index (χ4n) is 4.17. The maximum Gasteiger partial charge on any atom is 0.197 e. The first-order valence-corrected chi connectivity index (χ1v) is 11.1. The van der Waals surface area contributed by atoms with Crippen LogP contribution in [-0.2, 0) is 7.05 Å². The molecule has 32 heavy (non-hydrogen) atoms. The molecule has 3 aromatic carbocycles. The molecule has 2 heterocycles. The standard InChI is InChI=1S/C26H17N3O2S/c1-14-7-9-15(10-8-14)24-28-26-25(29(24)2)27-21(32-26)13-20-22(30)18-11-16-5-3-4-6-17(16)12-19(18)23(20)31/h3-13H,1-2H3. The van der Waals surface area contributed by atoms with Crippen LogP contribution in [0.1, 0.15) is 31.3 Å². The lowest BCUT2D eigenvalue weighted by atomic mass is 10.0. The quantitative estimate of drug-likeness (QED) is 0.267. The van der Waals surface area contributed by atoms with Crippen LogP contribution in [0.15, 0.2) is 66.2 Å². The number of nitrogens with zero attached hydrogens (tertiary/aromatic N) is 3. The monoisotopic (exact) mass is 435 g/mol. The van der Waals surface area contributed by atoms with Crippen LogP contribution in [0.2, 0.25) is 0 Å². The molecule has 0 spiro atoms. The molecule has 0 bridgehead atoms. The molecule has 1 aliphatic carbocycles. The normalized spacial score (nSPS) is 13.4. The predicted molar refractivity (Wildman–Crippen MR) is 127 cm³/mol. The van der Waals surface area contributed by atoms with Crippen molar-refractivity contribution >= 4 is 50.2 Å². The Bertz CT molecular complexity index is 1560. The summed E-state index contributed by atoms with van der Waals surface area (Å²) in [6, 6.07) is 19.5. The van der Waals surface area contributed by atoms with E-state index in [1.165, 1.54) is 16.9 Å². The molecule has 0 aliphatic heterocycles. The summed E-state index contributed by atoms with van der Waals surface area (Å²) in [5.74, 6) is 0.344. The van der Waals surface area contributed by atoms with E-state index < -0.39 is 0 Å². The minimum Gasteiger partial charge on any atom is -0.311 e. The van der Waals surface area contributed by atoms with Crippen molar-refractivity contribution in [3.05, 3.63) is 87.9 Å². The number of carbonyl (C=O) groups excluding carboxylic acids is 2. The zero-order chi connectivity index (χ0) is 22.0. The number of hydrogen-bond acceptors (Lipinski definition) is 5. The Kier molecular flexibility index (Phi) is 4.00. The van der Waals surface area contributed by atoms with Gasteiger partial charge in [0.05, 0.1) is 5.57 Å². The molecule has 0 amide bonds. The molecule has 6 rings (SSSR count). The molecule has 2 aromatic heterocycles. The van der Waals surface area contributed by atoms with Gasteiger partial charge in [0, 0.05) is 23.7 Å². The average molecular weight is 436 g/mol. The van der Waals surface area contributed by atoms with Gasteiger partial charge in [-0.05, 0) is 35.9 Å². The van der Waals surface area contributed by atoms with Gasteiger partial charge in [0.15, 0.2) is 22.0 Å². The number of carbonyl (C=O) groups is 2. The smallest absolute Gasteiger partial charge is 0.197 e. The van der Waals surface area contributed by atoms with Crippen molar-refractivity contribution < 1.29 is 9.59 Å². The molecule has 1 aliphatic rings. The molecule has 5 aromatic rings. The van der Waals surface area contributed by atoms with Crippen LogP contribution < -0.4 is 0 Å². The van der Waals surface area contributed by atoms with Crippen LogP contribution in [0.5, 0.6) is 0 Å². The first kappa shape index (κ1) is 18.8. The molecule has 0 unspecified atom stereocenters. The van der Waals surface area contributed by atoms with Crippen LogP contribution in [0, 0.1) is 6.92 Å². The number of ketones is 2. The number of Topliss-reactive ketones (excluding diaryl/α,β-unsaturated/α-hetero) is 2. The molecular formula is C26H17N3O2S. The molecule has 6 heteroatoms. The first-order chi connectivity index (χ1) is 15.5. The predicted octanol–water partition coefficient (Wildman–Crippen LogP) is 5.62. The zero-order valence-electron chi connectivity index (χ0n) is 17.4. The summed E-state index contributed by atoms with van der Waals surface area (Å²) in [6.07, 6.45) is 1.60. The zero-order valence-corrected chi connectivity index (χ0v) is 18.2. The van der Waals surface area contributed by atoms with Crippen molar-refractivity contribution in [2.45, 2.75) is 6.92 Å². The van der Waals surface area contributed by atoms with Gasteiger partial charge in [-0.3, -0.25) is 9.59 Å². The number of benzene rings is 3. The van der Waals surface area contributed by atoms with E-state index in [9.17, 15) is 9.59 Å². The van der Waals surface area contributed by atoms with Crippen LogP contribution in [0.25, 0.3) is 38.7 Å². The fourth-order valence-corrected chi connectivity index (χ4v) is 5.08. The number of aryl methyl sites for hydroxylation is 2. The highest BCUT2D eigenvalue weighted by Crippen LogP contribution is 2.33. The maximum absolute atomic E-state index is 13.0. The van der Waals surface area contributed by atoms with E-state index >= 15 is 0 Å². The molecule has 0 fully saturated rings. The molecule has 5 nitrogen and oxygen atoms in total. The molecule has 0 saturated heterocycles. The fraction of sp³-hybridized carbons (Fsp3) is 0.0769. The molecule has 0 atom stereocenters. The van der Waals surface area contributed by atoms with Crippen molar-refractivity contribution in [1.82, 2.24) is 14.5 Å². The van der Waals surface area contributed by atoms with Crippen LogP contribution >= 0.6 is 11.3 Å². The number of imidazole rings is 1. The second-order valence-electron chi connectivity index (χ2n) is 8.00. The number of thiazole rings is 1. The van der Waals surface area contributed by atoms with E-state index in [2.05, 4.69) is 24.0 Å². The van der Waals surface area contributed by atoms with Gasteiger partial charge < -0.3 is 4.57 Å². The molecule has 0 N–H and O–H groups in total. The van der Waals surface area contributed by atoms with E-state index in [0.717, 1.165) is 32.6 Å². The SMILES string of the molecule is Cc1ccc(-c2nc3sc(C=C4C(=O)c5cc6ccccc6cc5C4=O)nc3n2C)cc1. The minimum absolute atomic E-state index is 0.160. The lowest BCUT2D eigenvalue weighted by Gasteiger charge is -2.02. The van der Waals surface area contributed by atoms with Gasteiger partial charge in [-0.1, -0.05) is 65.4 Å². The van der Waals surface area contributed by atoms with Crippen molar-refractivity contribution in [2.75, 3.05) is 0 Å². The summed E-state index contributed by atoms with van der Waals surface area (Å²) in [5.41, 5.74) is 4.02. The third kappa shape index (κ3) is 2.77. The van der Waals surface area contributed by atoms with Crippen molar-refractivity contribution in [3.8, 4) is 11.4 Å². The number of hydrogen-bond donors (Lipinski definition) is 0. The summed E-state index contributed by atoms with van der Waals surface area (Å²) >= 11 is 1.38. The number of rotatable bonds is 2. The Labute approximate surface area is 187 Å². The highest BCUT2D eigenvalue weighted by molar-refractivity contribution is 7.19. The second kappa shape index (κ2) is 6.80. The Morgan fingerprint density at radius 2 is 1.50 bits per heavy atom. The number of allylic oxidation sites excluding steroid dienone is 1. The van der Waals surface area contributed by atoms with Gasteiger partial charge in [0.25, 0.3) is 0 Å². The third-order valence-corrected chi connectivity index (χ3v) is 6.78. The molecular weight excluding hydrogens is 418 g/mol. The minimum atomic E-state index is -0.247. The summed E-state index contributed by atoms with van der Waals surface area (Å²) in [6.45, 7) is 2.05. The Hall–Kier alpha value is -3.90. The second-order valence-corrected chi connectivity index (χ2v) is 9.01. The van der Waals surface area contributed by atoms with Gasteiger partial charge in [-0.2, -0.15) is 0 Å². The van der Waals surface area contributed by atoms with Crippen molar-refractivity contribution in [1.29, 1.82) is 0 Å². The van der Waals surface area contributed by atoms with E-state index in [1.54, 1.807) is 18.2 Å². The molecule has 0 radical (unpaired) electrons. The number of fused-ring (bicyclic) bond motifs is 3. The third-order valence-electron chi connectivity index (χ3n) is 5.89. The summed E-state index contributed by atoms with van der Waals surface area (Å²) in [5, 5.41) is 2.49. The summed E-state index contributed by atoms with van der Waals surface area (Å²) in [4.78, 5) is 36.2. The topological polar surface area (TPSA) is 64.8 Å². The first-order valence-electron chi connectivity index (χ1n) is 10.2. The highest BCUT2D eigenvalue weighted by Gasteiger charge is 2.33. The van der Waals surface area contributed by atoms with Crippen molar-refractivity contribution in [3.63, 3.8) is 0 Å². The average Bonchev–Trinajstić information content (AvgIpc) is 3.41. The van der Waals surface area contributed by atoms with Gasteiger partial charge in [0.1, 0.15) is 10.8 Å². The lowest BCUT2D eigenvalue weighted by Crippen LogP contribution is -2.00. The van der Waals surface area contributed by atoms with Gasteiger partial charge in [-0.25, -0.2) is 9.97 Å². The molecule has 154 valence electrons. The molecule has 0 saturated carbocycles. The van der Waals surface area contributed by atoms with E-state index in [-0.39, 0.29) is 17.1 Å². The largest absolute Gasteiger partial charge is 0.311 e. The van der Waals surface area contributed by atoms with E-state index in [1.807, 2.05) is 48.0 Å². The van der Waals surface area contributed by atoms with E-state index in [0.29, 0.717) is 16.1 Å². The highest BCUT2D eigenvalue weighted by atomic mass is 32.1. The summed E-state index contributed by atoms with van der Waals surface area (Å²) in [7, 11) is 1.93. The van der Waals surface area contributed by atoms with Gasteiger partial charge in [-0.15, -0.1) is 0 Å². The number of aromatic nitrogens is 3. The lowest BCUT2D eigenvalue weighted by molar-refractivity contribution is 0.0990. The Morgan fingerprint density at radius 3 is 2.09 bits per heavy atom. The summed E-state index contributed by atoms with van der Waals surface area (Å²) < 4.78 is 1.94. The van der Waals surface area contributed by atoms with Crippen LogP contribution in [0.4, 0.5) is 0 Å². The van der Waals surface area contributed by atoms with Gasteiger partial charge in [0.2, 0.25) is 0 Å². The van der Waals surface area contributed by atoms with Crippen LogP contribution in [-0.4, -0.2) is 26.1 Å². The maximum atomic E-state index is 13.0. The Morgan fingerprint density at radius 1 is 0.875 bits per heavy atom. The van der Waals surface area contributed by atoms with E-state index in [4.69, 9.17) is 4.98 Å².